The molecule has 28 heavy (non-hydrogen) atoms. The van der Waals surface area contributed by atoms with Crippen molar-refractivity contribution in [2.24, 2.45) is 0 Å². The highest BCUT2D eigenvalue weighted by Gasteiger charge is 2.16. The van der Waals surface area contributed by atoms with Gasteiger partial charge in [-0.1, -0.05) is 24.3 Å². The van der Waals surface area contributed by atoms with Gasteiger partial charge in [0.05, 0.1) is 22.5 Å². The summed E-state index contributed by atoms with van der Waals surface area (Å²) in [6.45, 7) is 1.85. The summed E-state index contributed by atoms with van der Waals surface area (Å²) in [6.07, 6.45) is 2.93. The molecule has 2 N–H and O–H groups in total. The highest BCUT2D eigenvalue weighted by Crippen LogP contribution is 2.19. The van der Waals surface area contributed by atoms with Crippen LogP contribution in [0.25, 0.3) is 0 Å². The molecule has 0 aliphatic rings. The van der Waals surface area contributed by atoms with E-state index in [0.29, 0.717) is 11.3 Å². The third kappa shape index (κ3) is 5.08. The van der Waals surface area contributed by atoms with Gasteiger partial charge in [0.2, 0.25) is 10.0 Å². The van der Waals surface area contributed by atoms with Gasteiger partial charge >= 0.3 is 0 Å². The van der Waals surface area contributed by atoms with Crippen LogP contribution < -0.4 is 9.44 Å². The molecule has 0 aliphatic carbocycles. The maximum absolute atomic E-state index is 12.4. The van der Waals surface area contributed by atoms with E-state index in [2.05, 4.69) is 14.4 Å². The first-order valence-corrected chi connectivity index (χ1v) is 11.5. The maximum Gasteiger partial charge on any atom is 0.261 e. The zero-order chi connectivity index (χ0) is 20.2. The Balaban J connectivity index is 1.73. The number of sulfonamides is 2. The fourth-order valence-corrected chi connectivity index (χ4v) is 4.88. The van der Waals surface area contributed by atoms with Crippen molar-refractivity contribution in [3.63, 3.8) is 0 Å². The van der Waals surface area contributed by atoms with Crippen molar-refractivity contribution in [1.82, 2.24) is 4.98 Å². The van der Waals surface area contributed by atoms with Gasteiger partial charge in [0.25, 0.3) is 10.0 Å². The van der Waals surface area contributed by atoms with Gasteiger partial charge in [0.15, 0.2) is 0 Å². The lowest BCUT2D eigenvalue weighted by Gasteiger charge is -2.11. The lowest BCUT2D eigenvalue weighted by atomic mass is 10.1. The number of nitrogens with zero attached hydrogens (tertiary/aromatic N) is 1. The molecule has 0 bridgehead atoms. The molecule has 0 aliphatic heterocycles. The molecule has 0 fully saturated rings. The van der Waals surface area contributed by atoms with E-state index >= 15 is 0 Å². The molecule has 2 aromatic carbocycles. The van der Waals surface area contributed by atoms with Crippen molar-refractivity contribution in [3.05, 3.63) is 84.2 Å². The van der Waals surface area contributed by atoms with Gasteiger partial charge in [0, 0.05) is 11.9 Å². The molecule has 9 heteroatoms. The summed E-state index contributed by atoms with van der Waals surface area (Å²) in [5, 5.41) is 0. The van der Waals surface area contributed by atoms with Crippen LogP contribution in [0.5, 0.6) is 0 Å². The molecule has 0 unspecified atom stereocenters. The number of hydrogen-bond donors (Lipinski definition) is 2. The van der Waals surface area contributed by atoms with E-state index in [1.165, 1.54) is 36.7 Å². The monoisotopic (exact) mass is 417 g/mol. The molecule has 3 aromatic rings. The smallest absolute Gasteiger partial charge is 0.261 e. The topological polar surface area (TPSA) is 105 Å². The van der Waals surface area contributed by atoms with Crippen LogP contribution in [0.3, 0.4) is 0 Å². The minimum atomic E-state index is -3.80. The molecule has 7 nitrogen and oxygen atoms in total. The number of hydrogen-bond acceptors (Lipinski definition) is 5. The molecular formula is C19H19N3O4S2. The van der Waals surface area contributed by atoms with Gasteiger partial charge in [-0.15, -0.1) is 0 Å². The summed E-state index contributed by atoms with van der Waals surface area (Å²) in [5.74, 6) is -0.164. The predicted molar refractivity (Wildman–Crippen MR) is 109 cm³/mol. The minimum absolute atomic E-state index is 0.0122. The molecule has 0 saturated carbocycles. The SMILES string of the molecule is Cc1ccccc1CS(=O)(=O)Nc1ccc(S(=O)(=O)Nc2cccnc2)cc1. The average molecular weight is 418 g/mol. The lowest BCUT2D eigenvalue weighted by Crippen LogP contribution is -2.16. The van der Waals surface area contributed by atoms with Crippen molar-refractivity contribution >= 4 is 31.4 Å². The number of benzene rings is 2. The fraction of sp³-hybridized carbons (Fsp3) is 0.105. The summed E-state index contributed by atoms with van der Waals surface area (Å²) >= 11 is 0. The Morgan fingerprint density at radius 1 is 0.821 bits per heavy atom. The van der Waals surface area contributed by atoms with Crippen molar-refractivity contribution < 1.29 is 16.8 Å². The third-order valence-electron chi connectivity index (χ3n) is 3.96. The molecule has 0 amide bonds. The van der Waals surface area contributed by atoms with E-state index in [9.17, 15) is 16.8 Å². The van der Waals surface area contributed by atoms with Crippen LogP contribution in [0.2, 0.25) is 0 Å². The number of pyridine rings is 1. The lowest BCUT2D eigenvalue weighted by molar-refractivity contribution is 0.599. The summed E-state index contributed by atoms with van der Waals surface area (Å²) < 4.78 is 54.5. The van der Waals surface area contributed by atoms with Crippen molar-refractivity contribution in [2.75, 3.05) is 9.44 Å². The second kappa shape index (κ2) is 7.99. The van der Waals surface area contributed by atoms with E-state index in [1.807, 2.05) is 19.1 Å². The van der Waals surface area contributed by atoms with Gasteiger partial charge in [-0.05, 0) is 54.4 Å². The van der Waals surface area contributed by atoms with Crippen LogP contribution in [0.1, 0.15) is 11.1 Å². The second-order valence-electron chi connectivity index (χ2n) is 6.16. The Bertz CT molecular complexity index is 1160. The molecule has 3 rings (SSSR count). The standard InChI is InChI=1S/C19H19N3O4S2/c1-15-5-2-3-6-16(15)14-27(23,24)21-17-8-10-19(11-9-17)28(25,26)22-18-7-4-12-20-13-18/h2-13,21-22H,14H2,1H3. The van der Waals surface area contributed by atoms with Crippen molar-refractivity contribution in [1.29, 1.82) is 0 Å². The van der Waals surface area contributed by atoms with Gasteiger partial charge in [-0.2, -0.15) is 0 Å². The molecule has 146 valence electrons. The normalized spacial score (nSPS) is 11.8. The van der Waals surface area contributed by atoms with E-state index in [1.54, 1.807) is 24.3 Å². The van der Waals surface area contributed by atoms with Gasteiger partial charge in [-0.3, -0.25) is 14.4 Å². The number of aryl methyl sites for hydroxylation is 1. The first-order valence-electron chi connectivity index (χ1n) is 8.33. The molecule has 0 saturated heterocycles. The summed E-state index contributed by atoms with van der Waals surface area (Å²) in [6, 6.07) is 15.9. The highest BCUT2D eigenvalue weighted by atomic mass is 32.2. The quantitative estimate of drug-likeness (QED) is 0.614. The molecule has 1 aromatic heterocycles. The molecule has 0 spiro atoms. The Morgan fingerprint density at radius 3 is 2.18 bits per heavy atom. The fourth-order valence-electron chi connectivity index (χ4n) is 2.53. The largest absolute Gasteiger partial charge is 0.283 e. The predicted octanol–water partition coefficient (Wildman–Crippen LogP) is 3.13. The highest BCUT2D eigenvalue weighted by molar-refractivity contribution is 7.92. The number of rotatable bonds is 7. The zero-order valence-corrected chi connectivity index (χ0v) is 16.7. The van der Waals surface area contributed by atoms with E-state index in [0.717, 1.165) is 5.56 Å². The summed E-state index contributed by atoms with van der Waals surface area (Å²) in [5.41, 5.74) is 2.21. The Hall–Kier alpha value is -2.91. The Kier molecular flexibility index (Phi) is 5.66. The molecular weight excluding hydrogens is 398 g/mol. The Labute approximate surface area is 164 Å². The van der Waals surface area contributed by atoms with Crippen LogP contribution in [0.15, 0.2) is 78.0 Å². The van der Waals surface area contributed by atoms with Gasteiger partial charge < -0.3 is 0 Å². The van der Waals surface area contributed by atoms with Gasteiger partial charge in [0.1, 0.15) is 0 Å². The number of aromatic nitrogens is 1. The summed E-state index contributed by atoms with van der Waals surface area (Å²) in [7, 11) is -7.43. The summed E-state index contributed by atoms with van der Waals surface area (Å²) in [4.78, 5) is 3.87. The molecule has 0 radical (unpaired) electrons. The molecule has 0 atom stereocenters. The van der Waals surface area contributed by atoms with E-state index in [-0.39, 0.29) is 16.3 Å². The van der Waals surface area contributed by atoms with Crippen LogP contribution >= 0.6 is 0 Å². The number of nitrogens with one attached hydrogen (secondary N) is 2. The minimum Gasteiger partial charge on any atom is -0.283 e. The molecule has 1 heterocycles. The van der Waals surface area contributed by atoms with Crippen LogP contribution in [0, 0.1) is 6.92 Å². The van der Waals surface area contributed by atoms with Gasteiger partial charge in [-0.25, -0.2) is 16.8 Å². The van der Waals surface area contributed by atoms with Crippen molar-refractivity contribution in [3.8, 4) is 0 Å². The van der Waals surface area contributed by atoms with E-state index in [4.69, 9.17) is 0 Å². The van der Waals surface area contributed by atoms with Crippen molar-refractivity contribution in [2.45, 2.75) is 17.6 Å². The average Bonchev–Trinajstić information content (AvgIpc) is 2.64. The van der Waals surface area contributed by atoms with E-state index < -0.39 is 20.0 Å². The van der Waals surface area contributed by atoms with Crippen LogP contribution in [-0.2, 0) is 25.8 Å². The first kappa shape index (κ1) is 19.8. The van der Waals surface area contributed by atoms with Crippen LogP contribution in [-0.4, -0.2) is 21.8 Å². The first-order chi connectivity index (χ1) is 13.3. The second-order valence-corrected chi connectivity index (χ2v) is 9.56. The number of anilines is 2. The third-order valence-corrected chi connectivity index (χ3v) is 6.59. The zero-order valence-electron chi connectivity index (χ0n) is 15.0. The Morgan fingerprint density at radius 2 is 1.54 bits per heavy atom. The van der Waals surface area contributed by atoms with Crippen LogP contribution in [0.4, 0.5) is 11.4 Å². The maximum atomic E-state index is 12.4.